The standard InChI is InChI=1S/C16H27N5O2/c1-13-10-21(11-14(2)23-13)16(22)15(9-18)12-20-7-5-19(4-3-17)6-8-20/h12-14H,3-8,10-11,17H2,1-2H3/b15-12-. The predicted octanol–water partition coefficient (Wildman–Crippen LogP) is -0.394. The van der Waals surface area contributed by atoms with Crippen molar-refractivity contribution >= 4 is 5.91 Å². The van der Waals surface area contributed by atoms with Gasteiger partial charge in [0, 0.05) is 58.6 Å². The minimum Gasteiger partial charge on any atom is -0.374 e. The number of piperazine rings is 1. The smallest absolute Gasteiger partial charge is 0.266 e. The second kappa shape index (κ2) is 8.29. The van der Waals surface area contributed by atoms with Crippen molar-refractivity contribution < 1.29 is 9.53 Å². The second-order valence-corrected chi connectivity index (χ2v) is 6.29. The predicted molar refractivity (Wildman–Crippen MR) is 87.4 cm³/mol. The van der Waals surface area contributed by atoms with E-state index in [2.05, 4.69) is 15.9 Å². The SMILES string of the molecule is CC1CN(C(=O)/C(C#N)=C\N2CCN(CCN)CC2)CC(C)O1. The van der Waals surface area contributed by atoms with E-state index < -0.39 is 0 Å². The first-order valence-corrected chi connectivity index (χ1v) is 8.26. The van der Waals surface area contributed by atoms with Gasteiger partial charge in [-0.2, -0.15) is 5.26 Å². The molecular weight excluding hydrogens is 294 g/mol. The summed E-state index contributed by atoms with van der Waals surface area (Å²) in [6.07, 6.45) is 1.72. The molecule has 1 amide bonds. The van der Waals surface area contributed by atoms with Crippen LogP contribution in [0.4, 0.5) is 0 Å². The van der Waals surface area contributed by atoms with Crippen LogP contribution in [0.25, 0.3) is 0 Å². The van der Waals surface area contributed by atoms with Crippen LogP contribution in [0.2, 0.25) is 0 Å². The van der Waals surface area contributed by atoms with Crippen molar-refractivity contribution in [1.29, 1.82) is 5.26 Å². The molecule has 0 radical (unpaired) electrons. The fourth-order valence-corrected chi connectivity index (χ4v) is 3.13. The van der Waals surface area contributed by atoms with Crippen LogP contribution in [-0.2, 0) is 9.53 Å². The van der Waals surface area contributed by atoms with Gasteiger partial charge in [-0.15, -0.1) is 0 Å². The summed E-state index contributed by atoms with van der Waals surface area (Å²) in [6, 6.07) is 2.07. The largest absolute Gasteiger partial charge is 0.374 e. The molecule has 2 aliphatic heterocycles. The van der Waals surface area contributed by atoms with Gasteiger partial charge in [-0.25, -0.2) is 0 Å². The summed E-state index contributed by atoms with van der Waals surface area (Å²) < 4.78 is 5.64. The topological polar surface area (TPSA) is 85.8 Å². The number of carbonyl (C=O) groups is 1. The molecule has 0 spiro atoms. The number of nitrogens with zero attached hydrogens (tertiary/aromatic N) is 4. The lowest BCUT2D eigenvalue weighted by Gasteiger charge is -2.36. The van der Waals surface area contributed by atoms with Crippen LogP contribution >= 0.6 is 0 Å². The highest BCUT2D eigenvalue weighted by molar-refractivity contribution is 5.97. The third-order valence-electron chi connectivity index (χ3n) is 4.22. The van der Waals surface area contributed by atoms with Crippen LogP contribution in [-0.4, -0.2) is 85.2 Å². The van der Waals surface area contributed by atoms with Crippen molar-refractivity contribution in [2.45, 2.75) is 26.1 Å². The number of nitrogens with two attached hydrogens (primary N) is 1. The molecular formula is C16H27N5O2. The molecule has 0 aromatic rings. The molecule has 7 nitrogen and oxygen atoms in total. The molecule has 0 aliphatic carbocycles. The van der Waals surface area contributed by atoms with Gasteiger partial charge < -0.3 is 20.3 Å². The van der Waals surface area contributed by atoms with E-state index in [9.17, 15) is 10.1 Å². The monoisotopic (exact) mass is 321 g/mol. The fourth-order valence-electron chi connectivity index (χ4n) is 3.13. The quantitative estimate of drug-likeness (QED) is 0.560. The molecule has 0 aromatic carbocycles. The second-order valence-electron chi connectivity index (χ2n) is 6.29. The fraction of sp³-hybridized carbons (Fsp3) is 0.750. The van der Waals surface area contributed by atoms with Crippen molar-refractivity contribution in [3.05, 3.63) is 11.8 Å². The molecule has 2 rings (SSSR count). The summed E-state index contributed by atoms with van der Waals surface area (Å²) in [5.74, 6) is -0.195. The first kappa shape index (κ1) is 17.7. The number of morpholine rings is 1. The number of hydrogen-bond donors (Lipinski definition) is 1. The van der Waals surface area contributed by atoms with E-state index in [0.29, 0.717) is 19.6 Å². The summed E-state index contributed by atoms with van der Waals surface area (Å²) in [7, 11) is 0. The zero-order chi connectivity index (χ0) is 16.8. The summed E-state index contributed by atoms with van der Waals surface area (Å²) in [4.78, 5) is 18.7. The molecule has 2 fully saturated rings. The van der Waals surface area contributed by atoms with Gasteiger partial charge in [0.1, 0.15) is 11.6 Å². The van der Waals surface area contributed by atoms with Crippen molar-refractivity contribution in [3.63, 3.8) is 0 Å². The maximum Gasteiger partial charge on any atom is 0.266 e. The van der Waals surface area contributed by atoms with E-state index in [1.807, 2.05) is 13.8 Å². The van der Waals surface area contributed by atoms with Gasteiger partial charge in [0.05, 0.1) is 12.2 Å². The minimum atomic E-state index is -0.195. The summed E-state index contributed by atoms with van der Waals surface area (Å²) in [5.41, 5.74) is 5.78. The minimum absolute atomic E-state index is 0.00227. The Balaban J connectivity index is 1.96. The Morgan fingerprint density at radius 3 is 2.39 bits per heavy atom. The Kier molecular flexibility index (Phi) is 6.39. The number of nitriles is 1. The van der Waals surface area contributed by atoms with Gasteiger partial charge in [0.2, 0.25) is 0 Å². The molecule has 0 bridgehead atoms. The van der Waals surface area contributed by atoms with Gasteiger partial charge in [-0.3, -0.25) is 9.69 Å². The molecule has 2 heterocycles. The summed E-state index contributed by atoms with van der Waals surface area (Å²) in [5, 5.41) is 9.38. The van der Waals surface area contributed by atoms with E-state index in [-0.39, 0.29) is 23.7 Å². The highest BCUT2D eigenvalue weighted by Gasteiger charge is 2.28. The van der Waals surface area contributed by atoms with Crippen molar-refractivity contribution in [1.82, 2.24) is 14.7 Å². The Bertz CT molecular complexity index is 469. The normalized spacial score (nSPS) is 27.0. The number of amides is 1. The van der Waals surface area contributed by atoms with E-state index >= 15 is 0 Å². The third kappa shape index (κ3) is 4.93. The molecule has 2 unspecified atom stereocenters. The molecule has 7 heteroatoms. The Morgan fingerprint density at radius 2 is 1.87 bits per heavy atom. The van der Waals surface area contributed by atoms with Gasteiger partial charge >= 0.3 is 0 Å². The first-order chi connectivity index (χ1) is 11.0. The molecule has 2 saturated heterocycles. The van der Waals surface area contributed by atoms with E-state index in [0.717, 1.165) is 32.7 Å². The Hall–Kier alpha value is -1.62. The summed E-state index contributed by atoms with van der Waals surface area (Å²) in [6.45, 7) is 9.96. The molecule has 0 saturated carbocycles. The Labute approximate surface area is 138 Å². The zero-order valence-electron chi connectivity index (χ0n) is 14.1. The average molecular weight is 321 g/mol. The maximum atomic E-state index is 12.6. The van der Waals surface area contributed by atoms with Gasteiger partial charge in [0.25, 0.3) is 5.91 Å². The van der Waals surface area contributed by atoms with Crippen LogP contribution in [0.5, 0.6) is 0 Å². The number of carbonyl (C=O) groups excluding carboxylic acids is 1. The van der Waals surface area contributed by atoms with E-state index in [4.69, 9.17) is 10.5 Å². The lowest BCUT2D eigenvalue weighted by molar-refractivity contribution is -0.138. The van der Waals surface area contributed by atoms with Crippen molar-refractivity contribution in [2.24, 2.45) is 5.73 Å². The maximum absolute atomic E-state index is 12.6. The van der Waals surface area contributed by atoms with Gasteiger partial charge in [0.15, 0.2) is 0 Å². The zero-order valence-corrected chi connectivity index (χ0v) is 14.1. The lowest BCUT2D eigenvalue weighted by Crippen LogP contribution is -2.49. The average Bonchev–Trinajstić information content (AvgIpc) is 2.53. The van der Waals surface area contributed by atoms with Gasteiger partial charge in [-0.1, -0.05) is 0 Å². The third-order valence-corrected chi connectivity index (χ3v) is 4.22. The van der Waals surface area contributed by atoms with Crippen molar-refractivity contribution in [3.8, 4) is 6.07 Å². The van der Waals surface area contributed by atoms with Crippen molar-refractivity contribution in [2.75, 3.05) is 52.4 Å². The Morgan fingerprint density at radius 1 is 1.26 bits per heavy atom. The molecule has 128 valence electrons. The van der Waals surface area contributed by atoms with Gasteiger partial charge in [-0.05, 0) is 13.8 Å². The van der Waals surface area contributed by atoms with Crippen LogP contribution in [0, 0.1) is 11.3 Å². The highest BCUT2D eigenvalue weighted by atomic mass is 16.5. The lowest BCUT2D eigenvalue weighted by atomic mass is 10.2. The number of rotatable bonds is 4. The molecule has 0 aromatic heterocycles. The van der Waals surface area contributed by atoms with Crippen LogP contribution in [0.15, 0.2) is 11.8 Å². The number of ether oxygens (including phenoxy) is 1. The van der Waals surface area contributed by atoms with E-state index in [1.54, 1.807) is 11.1 Å². The molecule has 2 aliphatic rings. The van der Waals surface area contributed by atoms with Crippen LogP contribution < -0.4 is 5.73 Å². The number of hydrogen-bond acceptors (Lipinski definition) is 6. The summed E-state index contributed by atoms with van der Waals surface area (Å²) >= 11 is 0. The first-order valence-electron chi connectivity index (χ1n) is 8.26. The van der Waals surface area contributed by atoms with E-state index in [1.165, 1.54) is 0 Å². The highest BCUT2D eigenvalue weighted by Crippen LogP contribution is 2.14. The van der Waals surface area contributed by atoms with Crippen LogP contribution in [0.1, 0.15) is 13.8 Å². The molecule has 2 N–H and O–H groups in total. The molecule has 2 atom stereocenters. The molecule has 23 heavy (non-hydrogen) atoms. The van der Waals surface area contributed by atoms with Crippen LogP contribution in [0.3, 0.4) is 0 Å².